The van der Waals surface area contributed by atoms with E-state index in [0.29, 0.717) is 12.5 Å². The van der Waals surface area contributed by atoms with Gasteiger partial charge in [-0.25, -0.2) is 9.18 Å². The lowest BCUT2D eigenvalue weighted by Gasteiger charge is -2.17. The highest BCUT2D eigenvalue weighted by molar-refractivity contribution is 5.87. The number of carbonyl (C=O) groups excluding carboxylic acids is 1. The molecule has 21 heavy (non-hydrogen) atoms. The molecule has 0 unspecified atom stereocenters. The zero-order chi connectivity index (χ0) is 16.0. The number of nitrogens with one attached hydrogen (secondary N) is 1. The molecule has 2 N–H and O–H groups in total. The molecule has 0 aliphatic carbocycles. The first-order valence-electron chi connectivity index (χ1n) is 6.76. The number of aromatic carboxylic acids is 1. The molecule has 0 bridgehead atoms. The van der Waals surface area contributed by atoms with Gasteiger partial charge in [0.05, 0.1) is 12.1 Å². The summed E-state index contributed by atoms with van der Waals surface area (Å²) in [6.45, 7) is 4.88. The van der Waals surface area contributed by atoms with Gasteiger partial charge < -0.3 is 10.4 Å². The topological polar surface area (TPSA) is 69.6 Å². The van der Waals surface area contributed by atoms with Crippen LogP contribution in [0.25, 0.3) is 0 Å². The van der Waals surface area contributed by atoms with Gasteiger partial charge in [-0.2, -0.15) is 0 Å². The minimum Gasteiger partial charge on any atom is -0.478 e. The molecule has 6 heteroatoms. The normalized spacial score (nSPS) is 11.0. The molecular weight excluding hydrogens is 275 g/mol. The van der Waals surface area contributed by atoms with Gasteiger partial charge in [0.25, 0.3) is 0 Å². The van der Waals surface area contributed by atoms with Gasteiger partial charge in [-0.1, -0.05) is 13.8 Å². The van der Waals surface area contributed by atoms with Crippen molar-refractivity contribution in [2.45, 2.75) is 20.4 Å². The number of hydrogen-bond donors (Lipinski definition) is 2. The standard InChI is InChI=1S/C15H21FN2O3/c1-10(2)7-17-14(19)9-18(3)8-12-6-11(15(20)21)4-5-13(12)16/h4-6,10H,7-9H2,1-3H3,(H,17,19)(H,20,21). The maximum absolute atomic E-state index is 13.7. The summed E-state index contributed by atoms with van der Waals surface area (Å²) in [5.41, 5.74) is 0.290. The lowest BCUT2D eigenvalue weighted by atomic mass is 10.1. The molecule has 0 spiro atoms. The van der Waals surface area contributed by atoms with Crippen molar-refractivity contribution in [1.82, 2.24) is 10.2 Å². The number of amides is 1. The summed E-state index contributed by atoms with van der Waals surface area (Å²) in [5, 5.41) is 11.7. The molecule has 0 aromatic heterocycles. The molecule has 0 aliphatic heterocycles. The van der Waals surface area contributed by atoms with E-state index in [0.717, 1.165) is 6.07 Å². The van der Waals surface area contributed by atoms with Crippen LogP contribution < -0.4 is 5.32 Å². The van der Waals surface area contributed by atoms with Crippen LogP contribution >= 0.6 is 0 Å². The van der Waals surface area contributed by atoms with Crippen molar-refractivity contribution in [3.05, 3.63) is 35.1 Å². The maximum Gasteiger partial charge on any atom is 0.335 e. The van der Waals surface area contributed by atoms with Crippen molar-refractivity contribution in [2.75, 3.05) is 20.1 Å². The highest BCUT2D eigenvalue weighted by Crippen LogP contribution is 2.12. The number of benzene rings is 1. The Kier molecular flexibility index (Phi) is 6.30. The van der Waals surface area contributed by atoms with Crippen LogP contribution in [-0.2, 0) is 11.3 Å². The van der Waals surface area contributed by atoms with Gasteiger partial charge in [0, 0.05) is 18.7 Å². The summed E-state index contributed by atoms with van der Waals surface area (Å²) in [5.74, 6) is -1.35. The molecule has 0 fully saturated rings. The third-order valence-electron chi connectivity index (χ3n) is 2.85. The van der Waals surface area contributed by atoms with E-state index in [2.05, 4.69) is 5.32 Å². The number of carboxylic acids is 1. The monoisotopic (exact) mass is 296 g/mol. The highest BCUT2D eigenvalue weighted by Gasteiger charge is 2.12. The van der Waals surface area contributed by atoms with Crippen molar-refractivity contribution in [3.8, 4) is 0 Å². The average molecular weight is 296 g/mol. The van der Waals surface area contributed by atoms with Crippen LogP contribution in [0, 0.1) is 11.7 Å². The molecule has 0 atom stereocenters. The summed E-state index contributed by atoms with van der Waals surface area (Å²) in [6.07, 6.45) is 0. The van der Waals surface area contributed by atoms with E-state index in [1.807, 2.05) is 13.8 Å². The molecule has 1 aromatic rings. The number of likely N-dealkylation sites (N-methyl/N-ethyl adjacent to an activating group) is 1. The van der Waals surface area contributed by atoms with E-state index < -0.39 is 11.8 Å². The smallest absolute Gasteiger partial charge is 0.335 e. The molecule has 116 valence electrons. The first kappa shape index (κ1) is 17.1. The van der Waals surface area contributed by atoms with E-state index in [4.69, 9.17) is 5.11 Å². The number of rotatable bonds is 7. The van der Waals surface area contributed by atoms with Gasteiger partial charge in [-0.05, 0) is 31.2 Å². The van der Waals surface area contributed by atoms with Crippen molar-refractivity contribution in [3.63, 3.8) is 0 Å². The minimum absolute atomic E-state index is 0.0315. The fraction of sp³-hybridized carbons (Fsp3) is 0.467. The SMILES string of the molecule is CC(C)CNC(=O)CN(C)Cc1cc(C(=O)O)ccc1F. The zero-order valence-corrected chi connectivity index (χ0v) is 12.5. The molecule has 1 rings (SSSR count). The number of carboxylic acid groups (broad SMARTS) is 1. The van der Waals surface area contributed by atoms with Crippen LogP contribution in [0.15, 0.2) is 18.2 Å². The second kappa shape index (κ2) is 7.73. The van der Waals surface area contributed by atoms with Crippen LogP contribution in [0.1, 0.15) is 29.8 Å². The minimum atomic E-state index is -1.10. The fourth-order valence-electron chi connectivity index (χ4n) is 1.79. The van der Waals surface area contributed by atoms with E-state index in [1.165, 1.54) is 12.1 Å². The molecule has 0 saturated heterocycles. The lowest BCUT2D eigenvalue weighted by molar-refractivity contribution is -0.122. The predicted octanol–water partition coefficient (Wildman–Crippen LogP) is 1.73. The van der Waals surface area contributed by atoms with E-state index >= 15 is 0 Å². The van der Waals surface area contributed by atoms with Gasteiger partial charge in [0.1, 0.15) is 5.82 Å². The molecule has 5 nitrogen and oxygen atoms in total. The Morgan fingerprint density at radius 3 is 2.62 bits per heavy atom. The van der Waals surface area contributed by atoms with E-state index in [9.17, 15) is 14.0 Å². The first-order chi connectivity index (χ1) is 9.79. The van der Waals surface area contributed by atoms with E-state index in [1.54, 1.807) is 11.9 Å². The Hall–Kier alpha value is -1.95. The summed E-state index contributed by atoms with van der Waals surface area (Å²) >= 11 is 0. The van der Waals surface area contributed by atoms with Gasteiger partial charge in [-0.3, -0.25) is 9.69 Å². The Morgan fingerprint density at radius 2 is 2.05 bits per heavy atom. The third kappa shape index (κ3) is 5.91. The Morgan fingerprint density at radius 1 is 1.38 bits per heavy atom. The largest absolute Gasteiger partial charge is 0.478 e. The molecule has 1 amide bonds. The van der Waals surface area contributed by atoms with Crippen molar-refractivity contribution < 1.29 is 19.1 Å². The van der Waals surface area contributed by atoms with Gasteiger partial charge in [-0.15, -0.1) is 0 Å². The van der Waals surface area contributed by atoms with Crippen LogP contribution in [0.4, 0.5) is 4.39 Å². The molecular formula is C15H21FN2O3. The quantitative estimate of drug-likeness (QED) is 0.804. The Balaban J connectivity index is 2.62. The molecule has 1 aromatic carbocycles. The number of hydrogen-bond acceptors (Lipinski definition) is 3. The van der Waals surface area contributed by atoms with Crippen LogP contribution in [0.2, 0.25) is 0 Å². The Bertz CT molecular complexity index is 518. The van der Waals surface area contributed by atoms with Gasteiger partial charge >= 0.3 is 5.97 Å². The first-order valence-corrected chi connectivity index (χ1v) is 6.76. The molecule has 0 radical (unpaired) electrons. The number of carbonyl (C=O) groups is 2. The second-order valence-corrected chi connectivity index (χ2v) is 5.48. The maximum atomic E-state index is 13.7. The van der Waals surface area contributed by atoms with Crippen molar-refractivity contribution in [1.29, 1.82) is 0 Å². The zero-order valence-electron chi connectivity index (χ0n) is 12.5. The summed E-state index contributed by atoms with van der Waals surface area (Å²) in [6, 6.07) is 3.64. The molecule has 0 saturated carbocycles. The van der Waals surface area contributed by atoms with Crippen LogP contribution in [0.5, 0.6) is 0 Å². The summed E-state index contributed by atoms with van der Waals surface area (Å²) < 4.78 is 13.7. The van der Waals surface area contributed by atoms with Gasteiger partial charge in [0.2, 0.25) is 5.91 Å². The molecule has 0 heterocycles. The predicted molar refractivity (Wildman–Crippen MR) is 77.5 cm³/mol. The lowest BCUT2D eigenvalue weighted by Crippen LogP contribution is -2.36. The third-order valence-corrected chi connectivity index (χ3v) is 2.85. The van der Waals surface area contributed by atoms with Crippen molar-refractivity contribution >= 4 is 11.9 Å². The number of halogens is 1. The fourth-order valence-corrected chi connectivity index (χ4v) is 1.79. The highest BCUT2D eigenvalue weighted by atomic mass is 19.1. The van der Waals surface area contributed by atoms with Gasteiger partial charge in [0.15, 0.2) is 0 Å². The molecule has 0 aliphatic rings. The Labute approximate surface area is 123 Å². The number of nitrogens with zero attached hydrogens (tertiary/aromatic N) is 1. The van der Waals surface area contributed by atoms with Crippen LogP contribution in [-0.4, -0.2) is 42.0 Å². The summed E-state index contributed by atoms with van der Waals surface area (Å²) in [4.78, 5) is 24.2. The van der Waals surface area contributed by atoms with Crippen LogP contribution in [0.3, 0.4) is 0 Å². The summed E-state index contributed by atoms with van der Waals surface area (Å²) in [7, 11) is 1.68. The average Bonchev–Trinajstić information content (AvgIpc) is 2.38. The second-order valence-electron chi connectivity index (χ2n) is 5.48. The van der Waals surface area contributed by atoms with E-state index in [-0.39, 0.29) is 30.1 Å². The van der Waals surface area contributed by atoms with Crippen molar-refractivity contribution in [2.24, 2.45) is 5.92 Å².